The van der Waals surface area contributed by atoms with Crippen molar-refractivity contribution in [2.45, 2.75) is 0 Å². The van der Waals surface area contributed by atoms with Crippen molar-refractivity contribution in [3.63, 3.8) is 0 Å². The number of hydrogen-bond donors (Lipinski definition) is 1. The molecule has 0 saturated carbocycles. The first-order chi connectivity index (χ1) is 8.47. The maximum atomic E-state index is 13.5. The highest BCUT2D eigenvalue weighted by atomic mass is 79.9. The Bertz CT molecular complexity index is 610. The lowest BCUT2D eigenvalue weighted by Gasteiger charge is -2.07. The lowest BCUT2D eigenvalue weighted by atomic mass is 10.3. The number of rotatable bonds is 2. The van der Waals surface area contributed by atoms with E-state index in [4.69, 9.17) is 0 Å². The van der Waals surface area contributed by atoms with Crippen molar-refractivity contribution in [2.75, 3.05) is 5.32 Å². The summed E-state index contributed by atoms with van der Waals surface area (Å²) in [5, 5.41) is 2.54. The summed E-state index contributed by atoms with van der Waals surface area (Å²) in [5.41, 5.74) is 0.591. The van der Waals surface area contributed by atoms with Gasteiger partial charge in [0.25, 0.3) is 5.91 Å². The van der Waals surface area contributed by atoms with Crippen LogP contribution < -0.4 is 5.32 Å². The molecule has 0 radical (unpaired) electrons. The standard InChI is InChI=1S/C12H9Br2FN2O/c1-17-6-8(14)5-11(17)12(18)16-10-4-7(13)2-3-9(10)15/h2-6H,1H3,(H,16,18). The van der Waals surface area contributed by atoms with E-state index in [-0.39, 0.29) is 11.6 Å². The van der Waals surface area contributed by atoms with E-state index in [9.17, 15) is 9.18 Å². The molecular weight excluding hydrogens is 367 g/mol. The van der Waals surface area contributed by atoms with Crippen LogP contribution >= 0.6 is 31.9 Å². The molecule has 0 aliphatic rings. The van der Waals surface area contributed by atoms with Crippen LogP contribution in [0, 0.1) is 5.82 Å². The van der Waals surface area contributed by atoms with Gasteiger partial charge in [0.2, 0.25) is 0 Å². The minimum atomic E-state index is -0.472. The highest BCUT2D eigenvalue weighted by Gasteiger charge is 2.13. The zero-order valence-corrected chi connectivity index (χ0v) is 12.5. The molecule has 3 nitrogen and oxygen atoms in total. The van der Waals surface area contributed by atoms with Gasteiger partial charge in [0.15, 0.2) is 0 Å². The Morgan fingerprint density at radius 1 is 1.28 bits per heavy atom. The monoisotopic (exact) mass is 374 g/mol. The highest BCUT2D eigenvalue weighted by molar-refractivity contribution is 9.10. The van der Waals surface area contributed by atoms with Crippen LogP contribution in [0.25, 0.3) is 0 Å². The molecule has 1 N–H and O–H groups in total. The zero-order valence-electron chi connectivity index (χ0n) is 9.38. The van der Waals surface area contributed by atoms with Gasteiger partial charge in [0.05, 0.1) is 5.69 Å². The van der Waals surface area contributed by atoms with Crippen LogP contribution in [0.1, 0.15) is 10.5 Å². The van der Waals surface area contributed by atoms with Crippen LogP contribution in [0.5, 0.6) is 0 Å². The summed E-state index contributed by atoms with van der Waals surface area (Å²) in [6.07, 6.45) is 1.76. The first-order valence-electron chi connectivity index (χ1n) is 5.05. The van der Waals surface area contributed by atoms with Crippen LogP contribution in [-0.4, -0.2) is 10.5 Å². The normalized spacial score (nSPS) is 10.4. The molecule has 1 heterocycles. The Labute approximate surface area is 120 Å². The molecule has 0 spiro atoms. The lowest BCUT2D eigenvalue weighted by molar-refractivity contribution is 0.101. The number of carbonyl (C=O) groups excluding carboxylic acids is 1. The summed E-state index contributed by atoms with van der Waals surface area (Å²) in [7, 11) is 1.75. The summed E-state index contributed by atoms with van der Waals surface area (Å²) < 4.78 is 16.7. The third-order valence-corrected chi connectivity index (χ3v) is 3.31. The number of aromatic nitrogens is 1. The molecule has 1 aromatic heterocycles. The first-order valence-corrected chi connectivity index (χ1v) is 6.64. The number of halogens is 3. The molecule has 0 atom stereocenters. The van der Waals surface area contributed by atoms with E-state index < -0.39 is 5.82 Å². The fourth-order valence-corrected chi connectivity index (χ4v) is 2.41. The maximum Gasteiger partial charge on any atom is 0.272 e. The third-order valence-electron chi connectivity index (χ3n) is 2.38. The van der Waals surface area contributed by atoms with E-state index in [2.05, 4.69) is 37.2 Å². The van der Waals surface area contributed by atoms with Crippen molar-refractivity contribution in [1.29, 1.82) is 0 Å². The zero-order chi connectivity index (χ0) is 13.3. The number of benzene rings is 1. The Balaban J connectivity index is 2.26. The number of nitrogens with zero attached hydrogens (tertiary/aromatic N) is 1. The van der Waals surface area contributed by atoms with Crippen LogP contribution in [0.2, 0.25) is 0 Å². The molecule has 6 heteroatoms. The number of amides is 1. The van der Waals surface area contributed by atoms with Gasteiger partial charge in [-0.05, 0) is 40.2 Å². The van der Waals surface area contributed by atoms with E-state index in [1.54, 1.807) is 29.9 Å². The van der Waals surface area contributed by atoms with E-state index in [0.29, 0.717) is 10.2 Å². The molecule has 94 valence electrons. The molecule has 0 aliphatic carbocycles. The SMILES string of the molecule is Cn1cc(Br)cc1C(=O)Nc1cc(Br)ccc1F. The van der Waals surface area contributed by atoms with Crippen LogP contribution in [0.3, 0.4) is 0 Å². The van der Waals surface area contributed by atoms with Gasteiger partial charge < -0.3 is 9.88 Å². The van der Waals surface area contributed by atoms with Crippen molar-refractivity contribution in [3.8, 4) is 0 Å². The van der Waals surface area contributed by atoms with Gasteiger partial charge in [0.1, 0.15) is 11.5 Å². The van der Waals surface area contributed by atoms with E-state index in [1.165, 1.54) is 12.1 Å². The molecule has 2 rings (SSSR count). The number of hydrogen-bond acceptors (Lipinski definition) is 1. The summed E-state index contributed by atoms with van der Waals surface area (Å²) in [5.74, 6) is -0.833. The summed E-state index contributed by atoms with van der Waals surface area (Å²) in [4.78, 5) is 12.0. The molecule has 1 aromatic carbocycles. The number of carbonyl (C=O) groups is 1. The second kappa shape index (κ2) is 5.24. The van der Waals surface area contributed by atoms with E-state index >= 15 is 0 Å². The Morgan fingerprint density at radius 2 is 2.00 bits per heavy atom. The number of nitrogens with one attached hydrogen (secondary N) is 1. The molecule has 18 heavy (non-hydrogen) atoms. The van der Waals surface area contributed by atoms with E-state index in [1.807, 2.05) is 0 Å². The van der Waals surface area contributed by atoms with Crippen molar-refractivity contribution in [3.05, 3.63) is 50.9 Å². The van der Waals surface area contributed by atoms with E-state index in [0.717, 1.165) is 4.47 Å². The molecule has 0 fully saturated rings. The van der Waals surface area contributed by atoms with Gasteiger partial charge in [-0.1, -0.05) is 15.9 Å². The van der Waals surface area contributed by atoms with Gasteiger partial charge >= 0.3 is 0 Å². The molecule has 2 aromatic rings. The summed E-state index contributed by atoms with van der Waals surface area (Å²) in [6.45, 7) is 0. The predicted octanol–water partition coefficient (Wildman–Crippen LogP) is 3.94. The van der Waals surface area contributed by atoms with Crippen LogP contribution in [0.15, 0.2) is 39.4 Å². The van der Waals surface area contributed by atoms with Gasteiger partial charge in [-0.2, -0.15) is 0 Å². The van der Waals surface area contributed by atoms with Crippen molar-refractivity contribution in [2.24, 2.45) is 7.05 Å². The molecule has 0 saturated heterocycles. The molecule has 0 unspecified atom stereocenters. The largest absolute Gasteiger partial charge is 0.345 e. The van der Waals surface area contributed by atoms with Gasteiger partial charge in [-0.3, -0.25) is 4.79 Å². The lowest BCUT2D eigenvalue weighted by Crippen LogP contribution is -2.16. The van der Waals surface area contributed by atoms with Crippen molar-refractivity contribution >= 4 is 43.5 Å². The predicted molar refractivity (Wildman–Crippen MR) is 75.2 cm³/mol. The topological polar surface area (TPSA) is 34.0 Å². The quantitative estimate of drug-likeness (QED) is 0.847. The Morgan fingerprint density at radius 3 is 2.61 bits per heavy atom. The highest BCUT2D eigenvalue weighted by Crippen LogP contribution is 2.21. The molecule has 0 aliphatic heterocycles. The Kier molecular flexibility index (Phi) is 3.87. The third kappa shape index (κ3) is 2.81. The maximum absolute atomic E-state index is 13.5. The van der Waals surface area contributed by atoms with Gasteiger partial charge in [-0.15, -0.1) is 0 Å². The fraction of sp³-hybridized carbons (Fsp3) is 0.0833. The average molecular weight is 376 g/mol. The molecule has 1 amide bonds. The minimum absolute atomic E-state index is 0.145. The van der Waals surface area contributed by atoms with Crippen LogP contribution in [0.4, 0.5) is 10.1 Å². The number of aryl methyl sites for hydroxylation is 1. The summed E-state index contributed by atoms with van der Waals surface area (Å²) in [6, 6.07) is 6.06. The van der Waals surface area contributed by atoms with Crippen molar-refractivity contribution < 1.29 is 9.18 Å². The Hall–Kier alpha value is -1.14. The van der Waals surface area contributed by atoms with Crippen molar-refractivity contribution in [1.82, 2.24) is 4.57 Å². The second-order valence-corrected chi connectivity index (χ2v) is 5.56. The smallest absolute Gasteiger partial charge is 0.272 e. The first kappa shape index (κ1) is 13.3. The average Bonchev–Trinajstić information content (AvgIpc) is 2.63. The number of anilines is 1. The van der Waals surface area contributed by atoms with Crippen LogP contribution in [-0.2, 0) is 7.05 Å². The fourth-order valence-electron chi connectivity index (χ4n) is 1.53. The van der Waals surface area contributed by atoms with Gasteiger partial charge in [0, 0.05) is 22.2 Å². The summed E-state index contributed by atoms with van der Waals surface area (Å²) >= 11 is 6.51. The minimum Gasteiger partial charge on any atom is -0.345 e. The molecular formula is C12H9Br2FN2O. The second-order valence-electron chi connectivity index (χ2n) is 3.73. The molecule has 0 bridgehead atoms. The van der Waals surface area contributed by atoms with Gasteiger partial charge in [-0.25, -0.2) is 4.39 Å².